The van der Waals surface area contributed by atoms with Gasteiger partial charge >= 0.3 is 5.69 Å². The average Bonchev–Trinajstić information content (AvgIpc) is 2.80. The zero-order chi connectivity index (χ0) is 14.9. The first-order valence-corrected chi connectivity index (χ1v) is 6.19. The highest BCUT2D eigenvalue weighted by molar-refractivity contribution is 5.54. The molecule has 0 N–H and O–H groups in total. The zero-order valence-corrected chi connectivity index (χ0v) is 11.1. The molecular formula is C13H13F2N3O2. The Bertz CT molecular complexity index is 668. The summed E-state index contributed by atoms with van der Waals surface area (Å²) in [5, 5.41) is 15.2. The van der Waals surface area contributed by atoms with Crippen molar-refractivity contribution < 1.29 is 13.7 Å². The minimum Gasteiger partial charge on any atom is -0.258 e. The molecule has 106 valence electrons. The molecule has 0 aliphatic carbocycles. The molecule has 0 bridgehead atoms. The van der Waals surface area contributed by atoms with Crippen LogP contribution in [0.15, 0.2) is 18.2 Å². The van der Waals surface area contributed by atoms with Crippen LogP contribution in [0.2, 0.25) is 0 Å². The van der Waals surface area contributed by atoms with E-state index in [1.165, 1.54) is 4.68 Å². The van der Waals surface area contributed by atoms with Gasteiger partial charge in [-0.15, -0.1) is 0 Å². The standard InChI is InChI=1S/C13H13F2N3O2/c1-3-9-7-10(4-2)17(16-9)12-6-8(14)5-11(15)13(12)18(19)20/h5-7H,3-4H2,1-2H3. The Morgan fingerprint density at radius 2 is 1.95 bits per heavy atom. The summed E-state index contributed by atoms with van der Waals surface area (Å²) >= 11 is 0. The Kier molecular flexibility index (Phi) is 3.78. The molecule has 0 aliphatic heterocycles. The van der Waals surface area contributed by atoms with Crippen molar-refractivity contribution in [3.8, 4) is 5.69 Å². The quantitative estimate of drug-likeness (QED) is 0.638. The first-order chi connectivity index (χ1) is 9.47. The smallest absolute Gasteiger partial charge is 0.258 e. The second-order valence-corrected chi connectivity index (χ2v) is 4.26. The van der Waals surface area contributed by atoms with Gasteiger partial charge in [-0.05, 0) is 18.9 Å². The lowest BCUT2D eigenvalue weighted by molar-refractivity contribution is -0.387. The van der Waals surface area contributed by atoms with Crippen molar-refractivity contribution in [1.82, 2.24) is 9.78 Å². The van der Waals surface area contributed by atoms with Gasteiger partial charge < -0.3 is 0 Å². The maximum atomic E-state index is 13.6. The molecule has 0 spiro atoms. The second-order valence-electron chi connectivity index (χ2n) is 4.26. The highest BCUT2D eigenvalue weighted by atomic mass is 19.1. The number of rotatable bonds is 4. The molecular weight excluding hydrogens is 268 g/mol. The molecule has 1 aromatic heterocycles. The molecule has 0 saturated carbocycles. The molecule has 0 amide bonds. The van der Waals surface area contributed by atoms with E-state index >= 15 is 0 Å². The predicted molar refractivity (Wildman–Crippen MR) is 68.9 cm³/mol. The molecule has 2 aromatic rings. The molecule has 0 fully saturated rings. The summed E-state index contributed by atoms with van der Waals surface area (Å²) < 4.78 is 28.3. The number of nitro groups is 1. The maximum Gasteiger partial charge on any atom is 0.330 e. The Morgan fingerprint density at radius 1 is 1.25 bits per heavy atom. The highest BCUT2D eigenvalue weighted by Crippen LogP contribution is 2.28. The molecule has 0 atom stereocenters. The zero-order valence-electron chi connectivity index (χ0n) is 11.1. The average molecular weight is 281 g/mol. The Morgan fingerprint density at radius 3 is 2.50 bits per heavy atom. The number of benzene rings is 1. The highest BCUT2D eigenvalue weighted by Gasteiger charge is 2.25. The van der Waals surface area contributed by atoms with Gasteiger partial charge in [0.15, 0.2) is 0 Å². The third kappa shape index (κ3) is 2.38. The van der Waals surface area contributed by atoms with Crippen LogP contribution in [0.4, 0.5) is 14.5 Å². The van der Waals surface area contributed by atoms with E-state index in [0.29, 0.717) is 30.3 Å². The minimum absolute atomic E-state index is 0.191. The minimum atomic E-state index is -1.21. The number of aryl methyl sites for hydroxylation is 2. The van der Waals surface area contributed by atoms with Gasteiger partial charge in [-0.2, -0.15) is 9.49 Å². The molecule has 7 heteroatoms. The number of hydrogen-bond donors (Lipinski definition) is 0. The SMILES string of the molecule is CCc1cc(CC)n(-c2cc(F)cc(F)c2[N+](=O)[O-])n1. The normalized spacial score (nSPS) is 10.8. The van der Waals surface area contributed by atoms with E-state index < -0.39 is 22.2 Å². The summed E-state index contributed by atoms with van der Waals surface area (Å²) in [7, 11) is 0. The summed E-state index contributed by atoms with van der Waals surface area (Å²) in [5.41, 5.74) is 0.409. The molecule has 0 unspecified atom stereocenters. The van der Waals surface area contributed by atoms with Crippen molar-refractivity contribution in [3.05, 3.63) is 51.3 Å². The van der Waals surface area contributed by atoms with Crippen LogP contribution in [0, 0.1) is 21.7 Å². The van der Waals surface area contributed by atoms with Crippen LogP contribution in [0.25, 0.3) is 5.69 Å². The first-order valence-electron chi connectivity index (χ1n) is 6.19. The molecule has 0 aliphatic rings. The number of aromatic nitrogens is 2. The first kappa shape index (κ1) is 14.1. The van der Waals surface area contributed by atoms with Gasteiger partial charge in [-0.1, -0.05) is 13.8 Å². The second kappa shape index (κ2) is 5.36. The third-order valence-corrected chi connectivity index (χ3v) is 2.98. The lowest BCUT2D eigenvalue weighted by Crippen LogP contribution is -2.07. The molecule has 5 nitrogen and oxygen atoms in total. The number of halogens is 2. The summed E-state index contributed by atoms with van der Waals surface area (Å²) in [6.07, 6.45) is 1.17. The topological polar surface area (TPSA) is 61.0 Å². The van der Waals surface area contributed by atoms with E-state index in [1.54, 1.807) is 6.07 Å². The van der Waals surface area contributed by atoms with E-state index in [1.807, 2.05) is 13.8 Å². The van der Waals surface area contributed by atoms with E-state index in [-0.39, 0.29) is 5.69 Å². The monoisotopic (exact) mass is 281 g/mol. The molecule has 20 heavy (non-hydrogen) atoms. The van der Waals surface area contributed by atoms with Crippen LogP contribution >= 0.6 is 0 Å². The summed E-state index contributed by atoms with van der Waals surface area (Å²) in [6.45, 7) is 3.72. The van der Waals surface area contributed by atoms with Crippen LogP contribution in [0.5, 0.6) is 0 Å². The van der Waals surface area contributed by atoms with Crippen molar-refractivity contribution >= 4 is 5.69 Å². The molecule has 0 radical (unpaired) electrons. The lowest BCUT2D eigenvalue weighted by atomic mass is 10.2. The number of hydrogen-bond acceptors (Lipinski definition) is 3. The predicted octanol–water partition coefficient (Wildman–Crippen LogP) is 3.18. The fraction of sp³-hybridized carbons (Fsp3) is 0.308. The number of nitrogens with zero attached hydrogens (tertiary/aromatic N) is 3. The van der Waals surface area contributed by atoms with Crippen molar-refractivity contribution in [2.75, 3.05) is 0 Å². The van der Waals surface area contributed by atoms with Crippen LogP contribution < -0.4 is 0 Å². The van der Waals surface area contributed by atoms with Crippen LogP contribution in [0.1, 0.15) is 25.2 Å². The van der Waals surface area contributed by atoms with E-state index in [2.05, 4.69) is 5.10 Å². The summed E-state index contributed by atoms with van der Waals surface area (Å²) in [4.78, 5) is 10.1. The van der Waals surface area contributed by atoms with Crippen molar-refractivity contribution in [2.24, 2.45) is 0 Å². The van der Waals surface area contributed by atoms with Gasteiger partial charge in [0.25, 0.3) is 0 Å². The molecule has 1 heterocycles. The van der Waals surface area contributed by atoms with E-state index in [4.69, 9.17) is 0 Å². The van der Waals surface area contributed by atoms with Gasteiger partial charge in [0.2, 0.25) is 5.82 Å². The van der Waals surface area contributed by atoms with Gasteiger partial charge in [0.1, 0.15) is 11.5 Å². The fourth-order valence-corrected chi connectivity index (χ4v) is 2.00. The van der Waals surface area contributed by atoms with E-state index in [0.717, 1.165) is 6.07 Å². The Hall–Kier alpha value is -2.31. The lowest BCUT2D eigenvalue weighted by Gasteiger charge is -2.07. The maximum absolute atomic E-state index is 13.6. The van der Waals surface area contributed by atoms with Gasteiger partial charge in [-0.3, -0.25) is 10.1 Å². The summed E-state index contributed by atoms with van der Waals surface area (Å²) in [6, 6.07) is 3.19. The van der Waals surface area contributed by atoms with Gasteiger partial charge in [0, 0.05) is 17.8 Å². The summed E-state index contributed by atoms with van der Waals surface area (Å²) in [5.74, 6) is -2.08. The van der Waals surface area contributed by atoms with Crippen LogP contribution in [0.3, 0.4) is 0 Å². The Labute approximate surface area is 114 Å². The molecule has 1 aromatic carbocycles. The van der Waals surface area contributed by atoms with Crippen molar-refractivity contribution in [3.63, 3.8) is 0 Å². The molecule has 0 saturated heterocycles. The van der Waals surface area contributed by atoms with Crippen molar-refractivity contribution in [2.45, 2.75) is 26.7 Å². The third-order valence-electron chi connectivity index (χ3n) is 2.98. The van der Waals surface area contributed by atoms with Crippen LogP contribution in [-0.2, 0) is 12.8 Å². The fourth-order valence-electron chi connectivity index (χ4n) is 2.00. The van der Waals surface area contributed by atoms with E-state index in [9.17, 15) is 18.9 Å². The largest absolute Gasteiger partial charge is 0.330 e. The molecule has 2 rings (SSSR count). The van der Waals surface area contributed by atoms with Crippen molar-refractivity contribution in [1.29, 1.82) is 0 Å². The van der Waals surface area contributed by atoms with Gasteiger partial charge in [0.05, 0.1) is 10.6 Å². The number of nitro benzene ring substituents is 1. The van der Waals surface area contributed by atoms with Gasteiger partial charge in [-0.25, -0.2) is 9.07 Å². The Balaban J connectivity index is 2.74. The van der Waals surface area contributed by atoms with Crippen LogP contribution in [-0.4, -0.2) is 14.7 Å².